The zero-order chi connectivity index (χ0) is 14.5. The number of benzene rings is 1. The van der Waals surface area contributed by atoms with E-state index in [2.05, 4.69) is 5.32 Å². The molecule has 0 aliphatic heterocycles. The van der Waals surface area contributed by atoms with Crippen LogP contribution in [0.15, 0.2) is 30.5 Å². The predicted molar refractivity (Wildman–Crippen MR) is 71.8 cm³/mol. The first-order valence-electron chi connectivity index (χ1n) is 5.99. The van der Waals surface area contributed by atoms with Gasteiger partial charge in [-0.05, 0) is 12.1 Å². The van der Waals surface area contributed by atoms with Gasteiger partial charge in [-0.25, -0.2) is 0 Å². The normalized spacial score (nSPS) is 10.2. The Morgan fingerprint density at radius 1 is 1.45 bits per heavy atom. The maximum atomic E-state index is 11.7. The third-order valence-electron chi connectivity index (χ3n) is 2.86. The molecule has 0 spiro atoms. The number of aromatic nitrogens is 1. The minimum absolute atomic E-state index is 0.0196. The van der Waals surface area contributed by atoms with Crippen LogP contribution in [-0.2, 0) is 11.3 Å². The molecule has 0 atom stereocenters. The zero-order valence-corrected chi connectivity index (χ0v) is 10.6. The van der Waals surface area contributed by atoms with E-state index in [4.69, 9.17) is 5.26 Å². The van der Waals surface area contributed by atoms with Crippen LogP contribution in [0.25, 0.3) is 10.9 Å². The van der Waals surface area contributed by atoms with Crippen LogP contribution < -0.4 is 5.32 Å². The molecule has 0 radical (unpaired) electrons. The van der Waals surface area contributed by atoms with Gasteiger partial charge in [0.2, 0.25) is 5.91 Å². The van der Waals surface area contributed by atoms with E-state index in [9.17, 15) is 14.9 Å². The van der Waals surface area contributed by atoms with Crippen LogP contribution in [0.3, 0.4) is 0 Å². The monoisotopic (exact) mass is 272 g/mol. The van der Waals surface area contributed by atoms with E-state index in [1.165, 1.54) is 6.07 Å². The molecule has 20 heavy (non-hydrogen) atoms. The molecule has 0 saturated carbocycles. The zero-order valence-electron chi connectivity index (χ0n) is 10.6. The van der Waals surface area contributed by atoms with E-state index in [1.54, 1.807) is 29.0 Å². The van der Waals surface area contributed by atoms with Gasteiger partial charge in [-0.3, -0.25) is 14.9 Å². The lowest BCUT2D eigenvalue weighted by Crippen LogP contribution is -2.27. The third kappa shape index (κ3) is 2.75. The minimum Gasteiger partial charge on any atom is -0.354 e. The van der Waals surface area contributed by atoms with Crippen LogP contribution in [0.5, 0.6) is 0 Å². The first-order valence-corrected chi connectivity index (χ1v) is 5.99. The van der Waals surface area contributed by atoms with Crippen LogP contribution in [0.4, 0.5) is 5.69 Å². The number of fused-ring (bicyclic) bond motifs is 1. The molecule has 1 aromatic carbocycles. The van der Waals surface area contributed by atoms with Gasteiger partial charge in [0.15, 0.2) is 0 Å². The second-order valence-corrected chi connectivity index (χ2v) is 4.17. The lowest BCUT2D eigenvalue weighted by molar-refractivity contribution is -0.383. The van der Waals surface area contributed by atoms with Crippen LogP contribution in [-0.4, -0.2) is 21.9 Å². The van der Waals surface area contributed by atoms with E-state index in [1.807, 2.05) is 6.07 Å². The number of hydrogen-bond acceptors (Lipinski definition) is 4. The Hall–Kier alpha value is -2.88. The van der Waals surface area contributed by atoms with Crippen molar-refractivity contribution in [3.05, 3.63) is 40.6 Å². The van der Waals surface area contributed by atoms with Crippen molar-refractivity contribution in [2.75, 3.05) is 6.54 Å². The summed E-state index contributed by atoms with van der Waals surface area (Å²) in [6.45, 7) is 0.366. The summed E-state index contributed by atoms with van der Waals surface area (Å²) in [7, 11) is 0. The topological polar surface area (TPSA) is 101 Å². The van der Waals surface area contributed by atoms with Crippen molar-refractivity contribution >= 4 is 22.5 Å². The van der Waals surface area contributed by atoms with Crippen molar-refractivity contribution in [2.45, 2.75) is 13.0 Å². The van der Waals surface area contributed by atoms with Gasteiger partial charge in [-0.2, -0.15) is 5.26 Å². The van der Waals surface area contributed by atoms with Crippen molar-refractivity contribution in [1.82, 2.24) is 9.88 Å². The van der Waals surface area contributed by atoms with Crippen LogP contribution in [0.2, 0.25) is 0 Å². The Morgan fingerprint density at radius 3 is 2.95 bits per heavy atom. The molecule has 0 aliphatic rings. The molecule has 102 valence electrons. The Morgan fingerprint density at radius 2 is 2.25 bits per heavy atom. The lowest BCUT2D eigenvalue weighted by Gasteiger charge is -2.05. The fourth-order valence-electron chi connectivity index (χ4n) is 1.97. The molecule has 0 saturated heterocycles. The highest BCUT2D eigenvalue weighted by Crippen LogP contribution is 2.26. The molecule has 0 aliphatic carbocycles. The molecule has 7 nitrogen and oxygen atoms in total. The minimum atomic E-state index is -0.445. The molecule has 1 N–H and O–H groups in total. The molecule has 1 aromatic heterocycles. The molecule has 1 amide bonds. The fraction of sp³-hybridized carbons (Fsp3) is 0.231. The lowest BCUT2D eigenvalue weighted by atomic mass is 10.2. The highest BCUT2D eigenvalue weighted by atomic mass is 16.6. The number of nitrogens with zero attached hydrogens (tertiary/aromatic N) is 3. The van der Waals surface area contributed by atoms with Gasteiger partial charge < -0.3 is 9.88 Å². The molecule has 2 rings (SSSR count). The van der Waals surface area contributed by atoms with Gasteiger partial charge >= 0.3 is 0 Å². The summed E-state index contributed by atoms with van der Waals surface area (Å²) in [5.41, 5.74) is 0.653. The first kappa shape index (κ1) is 13.5. The Kier molecular flexibility index (Phi) is 3.96. The number of carbonyl (C=O) groups excluding carboxylic acids is 1. The van der Waals surface area contributed by atoms with Crippen molar-refractivity contribution in [1.29, 1.82) is 5.26 Å². The molecule has 2 aromatic rings. The fourth-order valence-corrected chi connectivity index (χ4v) is 1.97. The smallest absolute Gasteiger partial charge is 0.278 e. The summed E-state index contributed by atoms with van der Waals surface area (Å²) < 4.78 is 1.64. The molecule has 1 heterocycles. The van der Waals surface area contributed by atoms with E-state index < -0.39 is 4.92 Å². The number of nitro benzene ring substituents is 1. The van der Waals surface area contributed by atoms with E-state index >= 15 is 0 Å². The number of nitro groups is 1. The SMILES string of the molecule is N#CCCNC(=O)Cn1ccc2c([N+](=O)[O-])cccc21. The Labute approximate surface area is 114 Å². The van der Waals surface area contributed by atoms with Crippen LogP contribution in [0, 0.1) is 21.4 Å². The number of amides is 1. The molecular weight excluding hydrogens is 260 g/mol. The van der Waals surface area contributed by atoms with Crippen molar-refractivity contribution in [2.24, 2.45) is 0 Å². The summed E-state index contributed by atoms with van der Waals surface area (Å²) in [5.74, 6) is -0.232. The number of nitriles is 1. The van der Waals surface area contributed by atoms with E-state index in [-0.39, 0.29) is 24.6 Å². The summed E-state index contributed by atoms with van der Waals surface area (Å²) in [5, 5.41) is 22.4. The summed E-state index contributed by atoms with van der Waals surface area (Å²) in [4.78, 5) is 22.1. The van der Waals surface area contributed by atoms with Gasteiger partial charge in [0.25, 0.3) is 5.69 Å². The standard InChI is InChI=1S/C13H12N4O3/c14-6-2-7-15-13(18)9-16-8-5-10-11(16)3-1-4-12(10)17(19)20/h1,3-5,8H,2,7,9H2,(H,15,18). The second-order valence-electron chi connectivity index (χ2n) is 4.17. The molecule has 0 unspecified atom stereocenters. The molecule has 0 fully saturated rings. The number of rotatable bonds is 5. The number of non-ortho nitro benzene ring substituents is 1. The van der Waals surface area contributed by atoms with Gasteiger partial charge in [0, 0.05) is 18.8 Å². The van der Waals surface area contributed by atoms with Gasteiger partial charge in [-0.15, -0.1) is 0 Å². The molecule has 7 heteroatoms. The van der Waals surface area contributed by atoms with Gasteiger partial charge in [0.1, 0.15) is 6.54 Å². The first-order chi connectivity index (χ1) is 9.63. The summed E-state index contributed by atoms with van der Waals surface area (Å²) in [6, 6.07) is 8.30. The maximum Gasteiger partial charge on any atom is 0.278 e. The third-order valence-corrected chi connectivity index (χ3v) is 2.86. The van der Waals surface area contributed by atoms with Crippen molar-refractivity contribution in [3.63, 3.8) is 0 Å². The quantitative estimate of drug-likeness (QED) is 0.507. The average Bonchev–Trinajstić information content (AvgIpc) is 2.82. The van der Waals surface area contributed by atoms with E-state index in [0.29, 0.717) is 17.4 Å². The van der Waals surface area contributed by atoms with Crippen molar-refractivity contribution < 1.29 is 9.72 Å². The van der Waals surface area contributed by atoms with E-state index in [0.717, 1.165) is 0 Å². The largest absolute Gasteiger partial charge is 0.354 e. The van der Waals surface area contributed by atoms with Crippen LogP contribution >= 0.6 is 0 Å². The molecule has 0 bridgehead atoms. The summed E-state index contributed by atoms with van der Waals surface area (Å²) >= 11 is 0. The Balaban J connectivity index is 2.20. The molecular formula is C13H12N4O3. The number of hydrogen-bond donors (Lipinski definition) is 1. The van der Waals surface area contributed by atoms with Crippen LogP contribution in [0.1, 0.15) is 6.42 Å². The predicted octanol–water partition coefficient (Wildman–Crippen LogP) is 1.58. The highest BCUT2D eigenvalue weighted by molar-refractivity contribution is 5.90. The maximum absolute atomic E-state index is 11.7. The average molecular weight is 272 g/mol. The van der Waals surface area contributed by atoms with Crippen molar-refractivity contribution in [3.8, 4) is 6.07 Å². The van der Waals surface area contributed by atoms with Gasteiger partial charge in [0.05, 0.1) is 28.3 Å². The highest BCUT2D eigenvalue weighted by Gasteiger charge is 2.14. The number of nitrogens with one attached hydrogen (secondary N) is 1. The summed E-state index contributed by atoms with van der Waals surface area (Å²) in [6.07, 6.45) is 1.89. The Bertz CT molecular complexity index is 699. The van der Waals surface area contributed by atoms with Gasteiger partial charge in [-0.1, -0.05) is 6.07 Å². The second kappa shape index (κ2) is 5.84. The number of carbonyl (C=O) groups is 1.